The molecule has 6 nitrogen and oxygen atoms in total. The number of likely N-dealkylation sites (tertiary alicyclic amines) is 1. The van der Waals surface area contributed by atoms with Gasteiger partial charge in [-0.25, -0.2) is 9.67 Å². The molecule has 1 saturated carbocycles. The highest BCUT2D eigenvalue weighted by molar-refractivity contribution is 5.81. The van der Waals surface area contributed by atoms with E-state index in [1.54, 1.807) is 11.0 Å². The summed E-state index contributed by atoms with van der Waals surface area (Å²) in [6.07, 6.45) is 10.7. The van der Waals surface area contributed by atoms with Crippen LogP contribution in [-0.2, 0) is 4.79 Å². The second kappa shape index (κ2) is 7.25. The van der Waals surface area contributed by atoms with E-state index in [1.165, 1.54) is 38.4 Å². The average molecular weight is 339 g/mol. The molecular weight excluding hydrogens is 314 g/mol. The molecule has 0 spiro atoms. The fourth-order valence-corrected chi connectivity index (χ4v) is 4.29. The quantitative estimate of drug-likeness (QED) is 0.930. The van der Waals surface area contributed by atoms with E-state index in [9.17, 15) is 4.79 Å². The molecule has 1 aliphatic heterocycles. The molecule has 2 atom stereocenters. The molecule has 0 radical (unpaired) electrons. The molecule has 2 fully saturated rings. The predicted octanol–water partition coefficient (Wildman–Crippen LogP) is 2.86. The van der Waals surface area contributed by atoms with E-state index in [-0.39, 0.29) is 5.91 Å². The van der Waals surface area contributed by atoms with Crippen LogP contribution in [0.15, 0.2) is 36.9 Å². The first-order valence-corrected chi connectivity index (χ1v) is 9.30. The van der Waals surface area contributed by atoms with Gasteiger partial charge < -0.3 is 10.2 Å². The molecule has 1 aromatic carbocycles. The Morgan fingerprint density at radius 1 is 1.12 bits per heavy atom. The molecule has 1 amide bonds. The van der Waals surface area contributed by atoms with Crippen molar-refractivity contribution in [3.8, 4) is 5.69 Å². The number of nitrogens with zero attached hydrogens (tertiary/aromatic N) is 4. The van der Waals surface area contributed by atoms with Crippen molar-refractivity contribution in [3.63, 3.8) is 0 Å². The number of piperidine rings is 1. The second-order valence-electron chi connectivity index (χ2n) is 7.08. The number of aromatic nitrogens is 3. The largest absolute Gasteiger partial charge is 0.376 e. The number of benzene rings is 1. The summed E-state index contributed by atoms with van der Waals surface area (Å²) in [6, 6.07) is 8.37. The molecule has 2 aliphatic rings. The Morgan fingerprint density at radius 3 is 2.72 bits per heavy atom. The van der Waals surface area contributed by atoms with Crippen molar-refractivity contribution in [2.24, 2.45) is 5.92 Å². The Kier molecular flexibility index (Phi) is 4.68. The highest BCUT2D eigenvalue weighted by Gasteiger charge is 2.35. The van der Waals surface area contributed by atoms with Crippen molar-refractivity contribution < 1.29 is 4.79 Å². The van der Waals surface area contributed by atoms with E-state index in [0.717, 1.165) is 30.3 Å². The summed E-state index contributed by atoms with van der Waals surface area (Å²) < 4.78 is 1.71. The van der Waals surface area contributed by atoms with Crippen molar-refractivity contribution in [2.75, 3.05) is 18.4 Å². The van der Waals surface area contributed by atoms with Gasteiger partial charge in [-0.1, -0.05) is 12.8 Å². The van der Waals surface area contributed by atoms with Crippen molar-refractivity contribution in [2.45, 2.75) is 44.6 Å². The van der Waals surface area contributed by atoms with Crippen LogP contribution in [0.1, 0.15) is 38.5 Å². The average Bonchev–Trinajstić information content (AvgIpc) is 3.21. The van der Waals surface area contributed by atoms with Crippen molar-refractivity contribution in [1.29, 1.82) is 0 Å². The number of fused-ring (bicyclic) bond motifs is 1. The van der Waals surface area contributed by atoms with Gasteiger partial charge >= 0.3 is 0 Å². The molecule has 25 heavy (non-hydrogen) atoms. The maximum absolute atomic E-state index is 12.7. The number of nitrogens with one attached hydrogen (secondary N) is 1. The van der Waals surface area contributed by atoms with Gasteiger partial charge in [0.15, 0.2) is 0 Å². The van der Waals surface area contributed by atoms with E-state index in [1.807, 2.05) is 24.3 Å². The van der Waals surface area contributed by atoms with Gasteiger partial charge in [-0.2, -0.15) is 5.10 Å². The summed E-state index contributed by atoms with van der Waals surface area (Å²) in [5.74, 6) is 0.963. The highest BCUT2D eigenvalue weighted by Crippen LogP contribution is 2.35. The zero-order valence-electron chi connectivity index (χ0n) is 14.5. The van der Waals surface area contributed by atoms with Crippen LogP contribution >= 0.6 is 0 Å². The van der Waals surface area contributed by atoms with Crippen LogP contribution in [-0.4, -0.2) is 44.7 Å². The van der Waals surface area contributed by atoms with E-state index in [2.05, 4.69) is 20.3 Å². The zero-order valence-corrected chi connectivity index (χ0v) is 14.5. The van der Waals surface area contributed by atoms with Gasteiger partial charge in [0.1, 0.15) is 12.7 Å². The van der Waals surface area contributed by atoms with Gasteiger partial charge in [0.05, 0.1) is 12.2 Å². The number of amides is 1. The second-order valence-corrected chi connectivity index (χ2v) is 7.08. The van der Waals surface area contributed by atoms with Crippen LogP contribution in [0, 0.1) is 5.92 Å². The maximum Gasteiger partial charge on any atom is 0.242 e. The lowest BCUT2D eigenvalue weighted by Gasteiger charge is -2.44. The van der Waals surface area contributed by atoms with Gasteiger partial charge in [-0.15, -0.1) is 0 Å². The molecule has 1 saturated heterocycles. The predicted molar refractivity (Wildman–Crippen MR) is 96.5 cm³/mol. The summed E-state index contributed by atoms with van der Waals surface area (Å²) >= 11 is 0. The Hall–Kier alpha value is -2.37. The van der Waals surface area contributed by atoms with Crippen LogP contribution in [0.3, 0.4) is 0 Å². The third-order valence-corrected chi connectivity index (χ3v) is 5.56. The van der Waals surface area contributed by atoms with Gasteiger partial charge in [-0.3, -0.25) is 4.79 Å². The SMILES string of the molecule is O=C(CNc1ccc(-n2cncn2)cc1)N1CCC[C@H]2CCCC[C@@H]21. The normalized spacial score (nSPS) is 23.1. The molecule has 0 unspecified atom stereocenters. The molecule has 2 heterocycles. The summed E-state index contributed by atoms with van der Waals surface area (Å²) in [4.78, 5) is 18.8. The maximum atomic E-state index is 12.7. The standard InChI is InChI=1S/C19H25N5O/c25-19(23-11-3-5-15-4-1-2-6-18(15)23)12-21-16-7-9-17(10-8-16)24-14-20-13-22-24/h7-10,13-15,18,21H,1-6,11-12H2/t15-,18+/m1/s1. The van der Waals surface area contributed by atoms with Crippen molar-refractivity contribution >= 4 is 11.6 Å². The zero-order chi connectivity index (χ0) is 17.1. The number of rotatable bonds is 4. The fraction of sp³-hybridized carbons (Fsp3) is 0.526. The molecule has 1 aliphatic carbocycles. The topological polar surface area (TPSA) is 63.1 Å². The number of hydrogen-bond acceptors (Lipinski definition) is 4. The minimum atomic E-state index is 0.233. The van der Waals surface area contributed by atoms with E-state index >= 15 is 0 Å². The van der Waals surface area contributed by atoms with Crippen molar-refractivity contribution in [3.05, 3.63) is 36.9 Å². The van der Waals surface area contributed by atoms with Crippen LogP contribution in [0.5, 0.6) is 0 Å². The third-order valence-electron chi connectivity index (χ3n) is 5.56. The van der Waals surface area contributed by atoms with Crippen LogP contribution in [0.2, 0.25) is 0 Å². The lowest BCUT2D eigenvalue weighted by Crippen LogP contribution is -2.51. The number of anilines is 1. The minimum absolute atomic E-state index is 0.233. The number of hydrogen-bond donors (Lipinski definition) is 1. The Bertz CT molecular complexity index is 695. The number of carbonyl (C=O) groups excluding carboxylic acids is 1. The van der Waals surface area contributed by atoms with E-state index in [0.29, 0.717) is 12.6 Å². The fourth-order valence-electron chi connectivity index (χ4n) is 4.29. The van der Waals surface area contributed by atoms with Crippen LogP contribution in [0.4, 0.5) is 5.69 Å². The molecule has 4 rings (SSSR count). The van der Waals surface area contributed by atoms with Crippen LogP contribution in [0.25, 0.3) is 5.69 Å². The lowest BCUT2D eigenvalue weighted by molar-refractivity contribution is -0.135. The molecule has 132 valence electrons. The smallest absolute Gasteiger partial charge is 0.242 e. The minimum Gasteiger partial charge on any atom is -0.376 e. The molecule has 1 aromatic heterocycles. The van der Waals surface area contributed by atoms with Crippen LogP contribution < -0.4 is 5.32 Å². The first kappa shape index (κ1) is 16.1. The molecule has 1 N–H and O–H groups in total. The first-order chi connectivity index (χ1) is 12.3. The molecular formula is C19H25N5O. The van der Waals surface area contributed by atoms with Gasteiger partial charge in [0.25, 0.3) is 0 Å². The summed E-state index contributed by atoms with van der Waals surface area (Å²) in [7, 11) is 0. The lowest BCUT2D eigenvalue weighted by atomic mass is 9.78. The summed E-state index contributed by atoms with van der Waals surface area (Å²) in [5.41, 5.74) is 1.91. The van der Waals surface area contributed by atoms with E-state index in [4.69, 9.17) is 0 Å². The van der Waals surface area contributed by atoms with Crippen molar-refractivity contribution in [1.82, 2.24) is 19.7 Å². The van der Waals surface area contributed by atoms with Gasteiger partial charge in [0.2, 0.25) is 5.91 Å². The Morgan fingerprint density at radius 2 is 1.92 bits per heavy atom. The van der Waals surface area contributed by atoms with E-state index < -0.39 is 0 Å². The van der Waals surface area contributed by atoms with Gasteiger partial charge in [-0.05, 0) is 55.9 Å². The molecule has 6 heteroatoms. The third kappa shape index (κ3) is 3.52. The number of carbonyl (C=O) groups is 1. The molecule has 2 aromatic rings. The Labute approximate surface area is 148 Å². The molecule has 0 bridgehead atoms. The monoisotopic (exact) mass is 339 g/mol. The Balaban J connectivity index is 1.35. The summed E-state index contributed by atoms with van der Waals surface area (Å²) in [6.45, 7) is 1.29. The highest BCUT2D eigenvalue weighted by atomic mass is 16.2. The first-order valence-electron chi connectivity index (χ1n) is 9.30. The summed E-state index contributed by atoms with van der Waals surface area (Å²) in [5, 5.41) is 7.39. The van der Waals surface area contributed by atoms with Gasteiger partial charge in [0, 0.05) is 18.3 Å².